The van der Waals surface area contributed by atoms with Crippen molar-refractivity contribution in [1.82, 2.24) is 4.90 Å². The summed E-state index contributed by atoms with van der Waals surface area (Å²) in [6.07, 6.45) is 1.47. The average Bonchev–Trinajstić information content (AvgIpc) is 3.01. The van der Waals surface area contributed by atoms with Gasteiger partial charge in [-0.05, 0) is 36.4 Å². The van der Waals surface area contributed by atoms with Gasteiger partial charge in [-0.25, -0.2) is 4.99 Å². The maximum atomic E-state index is 12.8. The summed E-state index contributed by atoms with van der Waals surface area (Å²) < 4.78 is 25.0. The van der Waals surface area contributed by atoms with Crippen LogP contribution in [0.1, 0.15) is 6.42 Å². The van der Waals surface area contributed by atoms with Crippen LogP contribution < -0.4 is 5.32 Å². The van der Waals surface area contributed by atoms with Crippen LogP contribution in [0.2, 0.25) is 10.0 Å². The standard InChI is InChI=1S/C21H17Cl2F2N3O2S2/c1-2-10-28-19(30)16(11-17(29)27-15-5-3-4-14(22)18(15)23)32-21(28)26-12-6-8-13(9-7-12)31-20(24)25/h2-9,16,20H,1,10-11H2,(H,27,29). The highest BCUT2D eigenvalue weighted by molar-refractivity contribution is 8.15. The number of anilines is 1. The fourth-order valence-corrected chi connectivity index (χ4v) is 4.82. The zero-order valence-electron chi connectivity index (χ0n) is 16.4. The second-order valence-corrected chi connectivity index (χ2v) is 9.48. The van der Waals surface area contributed by atoms with Gasteiger partial charge in [-0.3, -0.25) is 14.5 Å². The van der Waals surface area contributed by atoms with Crippen LogP contribution in [0.25, 0.3) is 0 Å². The quantitative estimate of drug-likeness (QED) is 0.324. The molecule has 2 amide bonds. The molecule has 0 aliphatic carbocycles. The van der Waals surface area contributed by atoms with E-state index in [1.165, 1.54) is 17.0 Å². The lowest BCUT2D eigenvalue weighted by atomic mass is 10.2. The van der Waals surface area contributed by atoms with E-state index in [1.807, 2.05) is 0 Å². The molecule has 0 bridgehead atoms. The first-order valence-electron chi connectivity index (χ1n) is 9.25. The van der Waals surface area contributed by atoms with Crippen molar-refractivity contribution in [2.75, 3.05) is 11.9 Å². The molecule has 1 unspecified atom stereocenters. The Hall–Kier alpha value is -2.07. The SMILES string of the molecule is C=CCN1C(=O)C(CC(=O)Nc2cccc(Cl)c2Cl)SC1=Nc1ccc(SC(F)F)cc1. The molecule has 168 valence electrons. The number of nitrogens with zero attached hydrogens (tertiary/aromatic N) is 2. The lowest BCUT2D eigenvalue weighted by Crippen LogP contribution is -2.33. The van der Waals surface area contributed by atoms with Crippen LogP contribution in [0.3, 0.4) is 0 Å². The fourth-order valence-electron chi connectivity index (χ4n) is 2.80. The van der Waals surface area contributed by atoms with Gasteiger partial charge >= 0.3 is 0 Å². The summed E-state index contributed by atoms with van der Waals surface area (Å²) in [5.41, 5.74) is 0.863. The van der Waals surface area contributed by atoms with Crippen LogP contribution in [0.15, 0.2) is 65.0 Å². The highest BCUT2D eigenvalue weighted by Gasteiger charge is 2.38. The molecule has 1 atom stereocenters. The number of amidine groups is 1. The molecule has 2 aromatic rings. The first-order valence-corrected chi connectivity index (χ1v) is 11.8. The lowest BCUT2D eigenvalue weighted by molar-refractivity contribution is -0.127. The van der Waals surface area contributed by atoms with Crippen molar-refractivity contribution in [2.45, 2.75) is 22.3 Å². The summed E-state index contributed by atoms with van der Waals surface area (Å²) in [6, 6.07) is 11.1. The number of benzene rings is 2. The van der Waals surface area contributed by atoms with E-state index < -0.39 is 16.9 Å². The predicted octanol–water partition coefficient (Wildman–Crippen LogP) is 6.45. The van der Waals surface area contributed by atoms with Crippen LogP contribution in [0.4, 0.5) is 20.2 Å². The van der Waals surface area contributed by atoms with Crippen molar-refractivity contribution in [2.24, 2.45) is 4.99 Å². The molecule has 0 radical (unpaired) electrons. The van der Waals surface area contributed by atoms with Gasteiger partial charge in [-0.1, -0.05) is 58.9 Å². The number of hydrogen-bond donors (Lipinski definition) is 1. The first kappa shape index (κ1) is 24.6. The van der Waals surface area contributed by atoms with Gasteiger partial charge in [0, 0.05) is 17.9 Å². The maximum absolute atomic E-state index is 12.8. The van der Waals surface area contributed by atoms with Crippen molar-refractivity contribution >= 4 is 75.1 Å². The fraction of sp³-hybridized carbons (Fsp3) is 0.190. The van der Waals surface area contributed by atoms with Crippen LogP contribution in [0, 0.1) is 0 Å². The van der Waals surface area contributed by atoms with Crippen molar-refractivity contribution in [3.63, 3.8) is 0 Å². The third-order valence-corrected chi connectivity index (χ3v) is 6.93. The molecule has 5 nitrogen and oxygen atoms in total. The van der Waals surface area contributed by atoms with E-state index in [0.717, 1.165) is 11.8 Å². The van der Waals surface area contributed by atoms with Crippen molar-refractivity contribution in [3.8, 4) is 0 Å². The lowest BCUT2D eigenvalue weighted by Gasteiger charge is -2.14. The van der Waals surface area contributed by atoms with E-state index >= 15 is 0 Å². The Morgan fingerprint density at radius 3 is 2.66 bits per heavy atom. The molecule has 0 saturated carbocycles. The van der Waals surface area contributed by atoms with Gasteiger partial charge in [0.05, 0.1) is 21.4 Å². The first-order chi connectivity index (χ1) is 15.3. The summed E-state index contributed by atoms with van der Waals surface area (Å²) in [4.78, 5) is 31.7. The normalized spacial score (nSPS) is 17.3. The van der Waals surface area contributed by atoms with Gasteiger partial charge in [-0.15, -0.1) is 6.58 Å². The molecule has 11 heteroatoms. The molecular weight excluding hydrogens is 499 g/mol. The molecular formula is C21H17Cl2F2N3O2S2. The molecule has 1 aliphatic rings. The predicted molar refractivity (Wildman–Crippen MR) is 128 cm³/mol. The van der Waals surface area contributed by atoms with Crippen LogP contribution in [0.5, 0.6) is 0 Å². The summed E-state index contributed by atoms with van der Waals surface area (Å²) in [6.45, 7) is 3.89. The number of hydrogen-bond acceptors (Lipinski definition) is 5. The number of alkyl halides is 2. The summed E-state index contributed by atoms with van der Waals surface area (Å²) in [7, 11) is 0. The Morgan fingerprint density at radius 2 is 2.00 bits per heavy atom. The molecule has 1 heterocycles. The number of thioether (sulfide) groups is 2. The zero-order valence-corrected chi connectivity index (χ0v) is 19.6. The largest absolute Gasteiger partial charge is 0.325 e. The van der Waals surface area contributed by atoms with Crippen LogP contribution in [-0.2, 0) is 9.59 Å². The Labute approximate surface area is 202 Å². The number of halogens is 4. The molecule has 2 aromatic carbocycles. The number of carbonyl (C=O) groups is 2. The number of amides is 2. The summed E-state index contributed by atoms with van der Waals surface area (Å²) in [5, 5.41) is 2.92. The van der Waals surface area contributed by atoms with E-state index in [-0.39, 0.29) is 23.9 Å². The van der Waals surface area contributed by atoms with Crippen LogP contribution >= 0.6 is 46.7 Å². The van der Waals surface area contributed by atoms with E-state index in [2.05, 4.69) is 16.9 Å². The van der Waals surface area contributed by atoms with E-state index in [9.17, 15) is 18.4 Å². The molecule has 1 fully saturated rings. The minimum Gasteiger partial charge on any atom is -0.325 e. The molecule has 0 spiro atoms. The Morgan fingerprint density at radius 1 is 1.28 bits per heavy atom. The molecule has 0 aromatic heterocycles. The van der Waals surface area contributed by atoms with Crippen molar-refractivity contribution < 1.29 is 18.4 Å². The van der Waals surface area contributed by atoms with Gasteiger partial charge < -0.3 is 5.32 Å². The number of carbonyl (C=O) groups excluding carboxylic acids is 2. The van der Waals surface area contributed by atoms with Gasteiger partial charge in [0.2, 0.25) is 11.8 Å². The third-order valence-electron chi connectivity index (χ3n) is 4.21. The second-order valence-electron chi connectivity index (χ2n) is 6.46. The topological polar surface area (TPSA) is 61.8 Å². The molecule has 1 aliphatic heterocycles. The Bertz CT molecular complexity index is 1050. The highest BCUT2D eigenvalue weighted by atomic mass is 35.5. The molecule has 32 heavy (non-hydrogen) atoms. The van der Waals surface area contributed by atoms with E-state index in [1.54, 1.807) is 36.4 Å². The summed E-state index contributed by atoms with van der Waals surface area (Å²) in [5.74, 6) is -3.17. The summed E-state index contributed by atoms with van der Waals surface area (Å²) >= 11 is 13.7. The number of rotatable bonds is 8. The molecule has 1 saturated heterocycles. The van der Waals surface area contributed by atoms with Crippen molar-refractivity contribution in [1.29, 1.82) is 0 Å². The van der Waals surface area contributed by atoms with Gasteiger partial charge in [0.25, 0.3) is 5.76 Å². The van der Waals surface area contributed by atoms with Gasteiger partial charge in [0.1, 0.15) is 5.25 Å². The third kappa shape index (κ3) is 6.25. The van der Waals surface area contributed by atoms with Crippen molar-refractivity contribution in [3.05, 3.63) is 65.2 Å². The van der Waals surface area contributed by atoms with E-state index in [0.29, 0.717) is 38.2 Å². The second kappa shape index (κ2) is 11.2. The Balaban J connectivity index is 1.73. The minimum atomic E-state index is -2.51. The number of nitrogens with one attached hydrogen (secondary N) is 1. The Kier molecular flexibility index (Phi) is 8.58. The van der Waals surface area contributed by atoms with Gasteiger partial charge in [0.15, 0.2) is 5.17 Å². The average molecular weight is 516 g/mol. The monoisotopic (exact) mass is 515 g/mol. The minimum absolute atomic E-state index is 0.0943. The van der Waals surface area contributed by atoms with Gasteiger partial charge in [-0.2, -0.15) is 8.78 Å². The van der Waals surface area contributed by atoms with Crippen LogP contribution in [-0.4, -0.2) is 39.4 Å². The molecule has 1 N–H and O–H groups in total. The zero-order chi connectivity index (χ0) is 23.3. The van der Waals surface area contributed by atoms with E-state index in [4.69, 9.17) is 23.2 Å². The smallest absolute Gasteiger partial charge is 0.288 e. The highest BCUT2D eigenvalue weighted by Crippen LogP contribution is 2.34. The molecule has 3 rings (SSSR count). The maximum Gasteiger partial charge on any atom is 0.288 e. The number of aliphatic imine (C=N–C) groups is 1.